The number of nitrogens with zero attached hydrogens (tertiary/aromatic N) is 1. The zero-order valence-corrected chi connectivity index (χ0v) is 18.9. The molecule has 0 bridgehead atoms. The number of hydrogen-bond donors (Lipinski definition) is 3. The van der Waals surface area contributed by atoms with Gasteiger partial charge >= 0.3 is 0 Å². The van der Waals surface area contributed by atoms with Gasteiger partial charge in [0, 0.05) is 37.3 Å². The minimum absolute atomic E-state index is 0.0225. The van der Waals surface area contributed by atoms with E-state index in [2.05, 4.69) is 17.6 Å². The molecule has 1 heterocycles. The van der Waals surface area contributed by atoms with E-state index < -0.39 is 10.0 Å². The van der Waals surface area contributed by atoms with Gasteiger partial charge in [0.1, 0.15) is 5.75 Å². The fourth-order valence-electron chi connectivity index (χ4n) is 3.50. The van der Waals surface area contributed by atoms with E-state index in [4.69, 9.17) is 0 Å². The van der Waals surface area contributed by atoms with Gasteiger partial charge in [0.2, 0.25) is 10.0 Å². The summed E-state index contributed by atoms with van der Waals surface area (Å²) in [6, 6.07) is 12.0. The highest BCUT2D eigenvalue weighted by molar-refractivity contribution is 7.89. The van der Waals surface area contributed by atoms with Crippen LogP contribution < -0.4 is 10.6 Å². The molecule has 2 amide bonds. The second-order valence-electron chi connectivity index (χ2n) is 8.03. The molecular weight excluding hydrogens is 430 g/mol. The van der Waals surface area contributed by atoms with E-state index in [0.29, 0.717) is 49.6 Å². The molecule has 0 unspecified atom stereocenters. The molecule has 0 aliphatic carbocycles. The Morgan fingerprint density at radius 1 is 0.969 bits per heavy atom. The summed E-state index contributed by atoms with van der Waals surface area (Å²) in [6.45, 7) is 3.88. The first kappa shape index (κ1) is 23.7. The molecule has 1 aliphatic rings. The van der Waals surface area contributed by atoms with Gasteiger partial charge in [-0.15, -0.1) is 0 Å². The van der Waals surface area contributed by atoms with Gasteiger partial charge in [-0.2, -0.15) is 4.31 Å². The van der Waals surface area contributed by atoms with E-state index in [0.717, 1.165) is 12.8 Å². The van der Waals surface area contributed by atoms with Crippen molar-refractivity contribution < 1.29 is 23.1 Å². The summed E-state index contributed by atoms with van der Waals surface area (Å²) in [5, 5.41) is 14.9. The lowest BCUT2D eigenvalue weighted by molar-refractivity contribution is 0.0951. The second kappa shape index (κ2) is 10.6. The summed E-state index contributed by atoms with van der Waals surface area (Å²) < 4.78 is 27.1. The summed E-state index contributed by atoms with van der Waals surface area (Å²) in [5.74, 6) is -0.0471. The van der Waals surface area contributed by atoms with Gasteiger partial charge in [0.05, 0.1) is 4.90 Å². The molecule has 2 aromatic carbocycles. The first-order valence-electron chi connectivity index (χ1n) is 10.7. The van der Waals surface area contributed by atoms with E-state index in [-0.39, 0.29) is 22.5 Å². The fraction of sp³-hybridized carbons (Fsp3) is 0.391. The van der Waals surface area contributed by atoms with E-state index in [9.17, 15) is 23.1 Å². The highest BCUT2D eigenvalue weighted by Gasteiger charge is 2.28. The number of carbonyl (C=O) groups excluding carboxylic acids is 2. The number of phenols is 1. The Morgan fingerprint density at radius 3 is 2.16 bits per heavy atom. The molecule has 0 saturated carbocycles. The van der Waals surface area contributed by atoms with Crippen LogP contribution in [0, 0.1) is 5.92 Å². The van der Waals surface area contributed by atoms with E-state index in [1.54, 1.807) is 12.1 Å². The molecule has 0 spiro atoms. The lowest BCUT2D eigenvalue weighted by Gasteiger charge is -2.29. The third-order valence-corrected chi connectivity index (χ3v) is 7.44. The number of rotatable bonds is 8. The molecule has 1 saturated heterocycles. The average Bonchev–Trinajstić information content (AvgIpc) is 2.79. The topological polar surface area (TPSA) is 116 Å². The normalized spacial score (nSPS) is 15.3. The monoisotopic (exact) mass is 459 g/mol. The van der Waals surface area contributed by atoms with Crippen molar-refractivity contribution in [2.75, 3.05) is 26.2 Å². The van der Waals surface area contributed by atoms with Crippen molar-refractivity contribution in [3.05, 3.63) is 59.7 Å². The molecule has 1 aliphatic heterocycles. The van der Waals surface area contributed by atoms with Gasteiger partial charge in [-0.05, 0) is 67.6 Å². The molecule has 32 heavy (non-hydrogen) atoms. The van der Waals surface area contributed by atoms with E-state index in [1.807, 2.05) is 0 Å². The standard InChI is InChI=1S/C23H29N3O5S/c1-17-10-14-26(15-11-17)32(30,31)21-8-6-18(7-9-21)22(28)24-12-3-13-25-23(29)19-4-2-5-20(27)16-19/h2,4-9,16-17,27H,3,10-15H2,1H3,(H,24,28)(H,25,29). The lowest BCUT2D eigenvalue weighted by atomic mass is 10.0. The smallest absolute Gasteiger partial charge is 0.251 e. The summed E-state index contributed by atoms with van der Waals surface area (Å²) in [5.41, 5.74) is 0.739. The largest absolute Gasteiger partial charge is 0.508 e. The maximum atomic E-state index is 12.8. The van der Waals surface area contributed by atoms with Crippen molar-refractivity contribution in [2.24, 2.45) is 5.92 Å². The molecule has 1 fully saturated rings. The number of phenolic OH excluding ortho intramolecular Hbond substituents is 1. The van der Waals surface area contributed by atoms with Crippen LogP contribution in [0.2, 0.25) is 0 Å². The van der Waals surface area contributed by atoms with Gasteiger partial charge in [-0.3, -0.25) is 9.59 Å². The predicted octanol–water partition coefficient (Wildman–Crippen LogP) is 2.36. The Balaban J connectivity index is 1.44. The van der Waals surface area contributed by atoms with Crippen molar-refractivity contribution >= 4 is 21.8 Å². The van der Waals surface area contributed by atoms with Crippen LogP contribution in [-0.4, -0.2) is 55.8 Å². The molecule has 3 N–H and O–H groups in total. The Labute approximate surface area is 188 Å². The molecular formula is C23H29N3O5S. The number of carbonyl (C=O) groups is 2. The van der Waals surface area contributed by atoms with Crippen LogP contribution in [0.15, 0.2) is 53.4 Å². The maximum Gasteiger partial charge on any atom is 0.251 e. The van der Waals surface area contributed by atoms with Gasteiger partial charge < -0.3 is 15.7 Å². The third kappa shape index (κ3) is 6.08. The highest BCUT2D eigenvalue weighted by atomic mass is 32.2. The zero-order valence-electron chi connectivity index (χ0n) is 18.1. The highest BCUT2D eigenvalue weighted by Crippen LogP contribution is 2.23. The van der Waals surface area contributed by atoms with Crippen LogP contribution in [-0.2, 0) is 10.0 Å². The Hall–Kier alpha value is -2.91. The van der Waals surface area contributed by atoms with Crippen LogP contribution in [0.4, 0.5) is 0 Å². The quantitative estimate of drug-likeness (QED) is 0.524. The molecule has 8 nitrogen and oxygen atoms in total. The molecule has 0 atom stereocenters. The predicted molar refractivity (Wildman–Crippen MR) is 121 cm³/mol. The number of piperidine rings is 1. The van der Waals surface area contributed by atoms with E-state index in [1.165, 1.54) is 40.7 Å². The maximum absolute atomic E-state index is 12.8. The average molecular weight is 460 g/mol. The van der Waals surface area contributed by atoms with Crippen molar-refractivity contribution in [3.8, 4) is 5.75 Å². The summed E-state index contributed by atoms with van der Waals surface area (Å²) in [4.78, 5) is 24.5. The van der Waals surface area contributed by atoms with Crippen LogP contribution in [0.5, 0.6) is 5.75 Å². The SMILES string of the molecule is CC1CCN(S(=O)(=O)c2ccc(C(=O)NCCCNC(=O)c3cccc(O)c3)cc2)CC1. The van der Waals surface area contributed by atoms with Gasteiger partial charge in [0.15, 0.2) is 0 Å². The minimum Gasteiger partial charge on any atom is -0.508 e. The molecule has 0 radical (unpaired) electrons. The summed E-state index contributed by atoms with van der Waals surface area (Å²) in [7, 11) is -3.54. The van der Waals surface area contributed by atoms with Crippen LogP contribution >= 0.6 is 0 Å². The number of benzene rings is 2. The first-order valence-corrected chi connectivity index (χ1v) is 12.2. The van der Waals surface area contributed by atoms with Crippen LogP contribution in [0.1, 0.15) is 46.9 Å². The van der Waals surface area contributed by atoms with Crippen LogP contribution in [0.25, 0.3) is 0 Å². The molecule has 3 rings (SSSR count). The van der Waals surface area contributed by atoms with Crippen molar-refractivity contribution in [1.29, 1.82) is 0 Å². The van der Waals surface area contributed by atoms with Gasteiger partial charge in [-0.25, -0.2) is 8.42 Å². The fourth-order valence-corrected chi connectivity index (χ4v) is 4.97. The number of hydrogen-bond acceptors (Lipinski definition) is 5. The summed E-state index contributed by atoms with van der Waals surface area (Å²) in [6.07, 6.45) is 2.23. The number of aromatic hydroxyl groups is 1. The number of nitrogens with one attached hydrogen (secondary N) is 2. The van der Waals surface area contributed by atoms with Crippen molar-refractivity contribution in [3.63, 3.8) is 0 Å². The number of sulfonamides is 1. The minimum atomic E-state index is -3.54. The number of amides is 2. The summed E-state index contributed by atoms with van der Waals surface area (Å²) >= 11 is 0. The van der Waals surface area contributed by atoms with Gasteiger partial charge in [0.25, 0.3) is 11.8 Å². The van der Waals surface area contributed by atoms with Crippen LogP contribution in [0.3, 0.4) is 0 Å². The molecule has 0 aromatic heterocycles. The first-order chi connectivity index (χ1) is 15.3. The van der Waals surface area contributed by atoms with E-state index >= 15 is 0 Å². The van der Waals surface area contributed by atoms with Crippen molar-refractivity contribution in [2.45, 2.75) is 31.1 Å². The van der Waals surface area contributed by atoms with Crippen molar-refractivity contribution in [1.82, 2.24) is 14.9 Å². The molecule has 2 aromatic rings. The lowest BCUT2D eigenvalue weighted by Crippen LogP contribution is -2.37. The second-order valence-corrected chi connectivity index (χ2v) is 9.96. The Kier molecular flexibility index (Phi) is 7.87. The Morgan fingerprint density at radius 2 is 1.56 bits per heavy atom. The third-order valence-electron chi connectivity index (χ3n) is 5.53. The molecule has 172 valence electrons. The van der Waals surface area contributed by atoms with Gasteiger partial charge in [-0.1, -0.05) is 13.0 Å². The zero-order chi connectivity index (χ0) is 23.1. The molecule has 9 heteroatoms. The Bertz CT molecular complexity index is 1050.